The second-order valence-electron chi connectivity index (χ2n) is 6.38. The lowest BCUT2D eigenvalue weighted by molar-refractivity contribution is -0.126. The summed E-state index contributed by atoms with van der Waals surface area (Å²) in [5.74, 6) is 0.318. The molecule has 2 N–H and O–H groups in total. The molecule has 1 fully saturated rings. The summed E-state index contributed by atoms with van der Waals surface area (Å²) in [6, 6.07) is 13.6. The highest BCUT2D eigenvalue weighted by molar-refractivity contribution is 5.79. The molecular formula is C20H23FN2O2. The molecular weight excluding hydrogens is 319 g/mol. The second kappa shape index (κ2) is 8.12. The van der Waals surface area contributed by atoms with Crippen LogP contribution in [0.1, 0.15) is 31.4 Å². The molecule has 4 nitrogen and oxygen atoms in total. The Morgan fingerprint density at radius 2 is 2.08 bits per heavy atom. The minimum absolute atomic E-state index is 0.0123. The van der Waals surface area contributed by atoms with Crippen LogP contribution in [0.15, 0.2) is 48.5 Å². The van der Waals surface area contributed by atoms with E-state index in [0.717, 1.165) is 24.9 Å². The molecule has 2 aromatic rings. The minimum Gasteiger partial charge on any atom is -0.454 e. The zero-order valence-electron chi connectivity index (χ0n) is 14.3. The first-order valence-corrected chi connectivity index (χ1v) is 8.67. The Morgan fingerprint density at radius 1 is 1.28 bits per heavy atom. The average Bonchev–Trinajstić information content (AvgIpc) is 2.65. The Bertz CT molecular complexity index is 715. The van der Waals surface area contributed by atoms with E-state index in [-0.39, 0.29) is 23.6 Å². The van der Waals surface area contributed by atoms with Gasteiger partial charge in [0.15, 0.2) is 11.6 Å². The average molecular weight is 342 g/mol. The first-order valence-electron chi connectivity index (χ1n) is 8.67. The molecule has 2 atom stereocenters. The van der Waals surface area contributed by atoms with E-state index >= 15 is 0 Å². The number of ether oxygens (including phenoxy) is 1. The summed E-state index contributed by atoms with van der Waals surface area (Å²) < 4.78 is 19.9. The SMILES string of the molecule is CC(NC(=O)C1CCCNC1)c1ccc(Oc2ccccc2)c(F)c1. The molecule has 132 valence electrons. The van der Waals surface area contributed by atoms with Gasteiger partial charge in [-0.15, -0.1) is 0 Å². The standard InChI is InChI=1S/C20H23FN2O2/c1-14(23-20(24)16-6-5-11-22-13-16)15-9-10-19(18(21)12-15)25-17-7-3-2-4-8-17/h2-4,7-10,12,14,16,22H,5-6,11,13H2,1H3,(H,23,24). The van der Waals surface area contributed by atoms with Crippen molar-refractivity contribution in [2.75, 3.05) is 13.1 Å². The number of para-hydroxylation sites is 1. The molecule has 0 radical (unpaired) electrons. The fourth-order valence-corrected chi connectivity index (χ4v) is 2.97. The zero-order chi connectivity index (χ0) is 17.6. The molecule has 0 bridgehead atoms. The Kier molecular flexibility index (Phi) is 5.66. The highest BCUT2D eigenvalue weighted by Crippen LogP contribution is 2.27. The van der Waals surface area contributed by atoms with Gasteiger partial charge in [0, 0.05) is 6.54 Å². The fourth-order valence-electron chi connectivity index (χ4n) is 2.97. The molecule has 0 aliphatic carbocycles. The molecule has 5 heteroatoms. The van der Waals surface area contributed by atoms with E-state index in [1.165, 1.54) is 6.07 Å². The fraction of sp³-hybridized carbons (Fsp3) is 0.350. The van der Waals surface area contributed by atoms with E-state index in [1.54, 1.807) is 24.3 Å². The van der Waals surface area contributed by atoms with Crippen LogP contribution >= 0.6 is 0 Å². The van der Waals surface area contributed by atoms with Gasteiger partial charge in [-0.3, -0.25) is 4.79 Å². The third-order valence-corrected chi connectivity index (χ3v) is 4.45. The van der Waals surface area contributed by atoms with Crippen LogP contribution in [0, 0.1) is 11.7 Å². The smallest absolute Gasteiger partial charge is 0.224 e. The van der Waals surface area contributed by atoms with Gasteiger partial charge in [-0.2, -0.15) is 0 Å². The number of carbonyl (C=O) groups is 1. The van der Waals surface area contributed by atoms with E-state index in [9.17, 15) is 9.18 Å². The molecule has 0 saturated carbocycles. The van der Waals surface area contributed by atoms with Crippen molar-refractivity contribution < 1.29 is 13.9 Å². The third-order valence-electron chi connectivity index (χ3n) is 4.45. The van der Waals surface area contributed by atoms with E-state index in [4.69, 9.17) is 4.74 Å². The van der Waals surface area contributed by atoms with Gasteiger partial charge in [0.05, 0.1) is 12.0 Å². The Balaban J connectivity index is 1.64. The summed E-state index contributed by atoms with van der Waals surface area (Å²) in [6.07, 6.45) is 1.90. The number of rotatable bonds is 5. The second-order valence-corrected chi connectivity index (χ2v) is 6.38. The summed E-state index contributed by atoms with van der Waals surface area (Å²) >= 11 is 0. The van der Waals surface area contributed by atoms with Gasteiger partial charge < -0.3 is 15.4 Å². The molecule has 2 aromatic carbocycles. The maximum absolute atomic E-state index is 14.3. The van der Waals surface area contributed by atoms with E-state index in [0.29, 0.717) is 12.3 Å². The maximum Gasteiger partial charge on any atom is 0.224 e. The highest BCUT2D eigenvalue weighted by Gasteiger charge is 2.22. The molecule has 1 aliphatic rings. The van der Waals surface area contributed by atoms with Gasteiger partial charge in [-0.25, -0.2) is 4.39 Å². The lowest BCUT2D eigenvalue weighted by Gasteiger charge is -2.24. The number of piperidine rings is 1. The molecule has 1 aliphatic heterocycles. The van der Waals surface area contributed by atoms with Crippen molar-refractivity contribution in [3.63, 3.8) is 0 Å². The Labute approximate surface area is 147 Å². The largest absolute Gasteiger partial charge is 0.454 e. The highest BCUT2D eigenvalue weighted by atomic mass is 19.1. The molecule has 2 unspecified atom stereocenters. The van der Waals surface area contributed by atoms with Crippen LogP contribution in [0.3, 0.4) is 0 Å². The van der Waals surface area contributed by atoms with Crippen molar-refractivity contribution in [3.8, 4) is 11.5 Å². The van der Waals surface area contributed by atoms with Crippen LogP contribution in [-0.4, -0.2) is 19.0 Å². The van der Waals surface area contributed by atoms with E-state index in [1.807, 2.05) is 25.1 Å². The first kappa shape index (κ1) is 17.4. The first-order chi connectivity index (χ1) is 12.1. The molecule has 3 rings (SSSR count). The van der Waals surface area contributed by atoms with Crippen molar-refractivity contribution in [3.05, 3.63) is 59.9 Å². The summed E-state index contributed by atoms with van der Waals surface area (Å²) in [5, 5.41) is 6.21. The van der Waals surface area contributed by atoms with Crippen molar-refractivity contribution in [1.29, 1.82) is 0 Å². The zero-order valence-corrected chi connectivity index (χ0v) is 14.3. The van der Waals surface area contributed by atoms with Gasteiger partial charge in [0.25, 0.3) is 0 Å². The lowest BCUT2D eigenvalue weighted by atomic mass is 9.98. The third kappa shape index (κ3) is 4.57. The molecule has 25 heavy (non-hydrogen) atoms. The number of benzene rings is 2. The monoisotopic (exact) mass is 342 g/mol. The van der Waals surface area contributed by atoms with Crippen LogP contribution in [0.2, 0.25) is 0 Å². The number of carbonyl (C=O) groups excluding carboxylic acids is 1. The summed E-state index contributed by atoms with van der Waals surface area (Å²) in [4.78, 5) is 12.3. The summed E-state index contributed by atoms with van der Waals surface area (Å²) in [7, 11) is 0. The van der Waals surface area contributed by atoms with E-state index < -0.39 is 5.82 Å². The van der Waals surface area contributed by atoms with Gasteiger partial charge >= 0.3 is 0 Å². The van der Waals surface area contributed by atoms with Crippen molar-refractivity contribution in [2.24, 2.45) is 5.92 Å². The van der Waals surface area contributed by atoms with Crippen molar-refractivity contribution >= 4 is 5.91 Å². The minimum atomic E-state index is -0.443. The van der Waals surface area contributed by atoms with Crippen molar-refractivity contribution in [2.45, 2.75) is 25.8 Å². The Morgan fingerprint density at radius 3 is 2.76 bits per heavy atom. The number of hydrogen-bond acceptors (Lipinski definition) is 3. The Hall–Kier alpha value is -2.40. The van der Waals surface area contributed by atoms with Crippen LogP contribution < -0.4 is 15.4 Å². The lowest BCUT2D eigenvalue weighted by Crippen LogP contribution is -2.41. The van der Waals surface area contributed by atoms with E-state index in [2.05, 4.69) is 10.6 Å². The molecule has 0 spiro atoms. The van der Waals surface area contributed by atoms with Crippen LogP contribution in [0.4, 0.5) is 4.39 Å². The number of halogens is 1. The topological polar surface area (TPSA) is 50.4 Å². The summed E-state index contributed by atoms with van der Waals surface area (Å²) in [5.41, 5.74) is 0.718. The number of hydrogen-bond donors (Lipinski definition) is 2. The van der Waals surface area contributed by atoms with Crippen LogP contribution in [-0.2, 0) is 4.79 Å². The maximum atomic E-state index is 14.3. The molecule has 1 amide bonds. The number of amides is 1. The predicted octanol–water partition coefficient (Wildman–Crippen LogP) is 3.79. The summed E-state index contributed by atoms with van der Waals surface area (Å²) in [6.45, 7) is 3.53. The van der Waals surface area contributed by atoms with Gasteiger partial charge in [0.2, 0.25) is 5.91 Å². The van der Waals surface area contributed by atoms with Crippen LogP contribution in [0.25, 0.3) is 0 Å². The van der Waals surface area contributed by atoms with Crippen LogP contribution in [0.5, 0.6) is 11.5 Å². The van der Waals surface area contributed by atoms with Crippen molar-refractivity contribution in [1.82, 2.24) is 10.6 Å². The predicted molar refractivity (Wildman–Crippen MR) is 95.1 cm³/mol. The normalized spacial score (nSPS) is 18.4. The molecule has 0 aromatic heterocycles. The number of nitrogens with one attached hydrogen (secondary N) is 2. The molecule has 1 heterocycles. The van der Waals surface area contributed by atoms with Gasteiger partial charge in [-0.05, 0) is 56.1 Å². The van der Waals surface area contributed by atoms with Gasteiger partial charge in [-0.1, -0.05) is 24.3 Å². The quantitative estimate of drug-likeness (QED) is 0.869. The molecule has 1 saturated heterocycles. The van der Waals surface area contributed by atoms with Gasteiger partial charge in [0.1, 0.15) is 5.75 Å².